The molecule has 1 amide bonds. The van der Waals surface area contributed by atoms with Gasteiger partial charge in [-0.1, -0.05) is 13.8 Å². The monoisotopic (exact) mass is 300 g/mol. The molecule has 0 aromatic carbocycles. The summed E-state index contributed by atoms with van der Waals surface area (Å²) >= 11 is 0. The highest BCUT2D eigenvalue weighted by Gasteiger charge is 2.48. The number of carboxylic acid groups (broad SMARTS) is 1. The first-order valence-corrected chi connectivity index (χ1v) is 7.59. The number of hydrogen-bond acceptors (Lipinski definition) is 4. The Morgan fingerprint density at radius 1 is 1.38 bits per heavy atom. The summed E-state index contributed by atoms with van der Waals surface area (Å²) in [4.78, 5) is 25.7. The lowest BCUT2D eigenvalue weighted by molar-refractivity contribution is -0.151. The van der Waals surface area contributed by atoms with Crippen molar-refractivity contribution < 1.29 is 19.4 Å². The van der Waals surface area contributed by atoms with E-state index < -0.39 is 11.4 Å². The predicted molar refractivity (Wildman–Crippen MR) is 80.1 cm³/mol. The van der Waals surface area contributed by atoms with Gasteiger partial charge in [0.25, 0.3) is 0 Å². The number of rotatable bonds is 8. The number of carboxylic acids is 1. The van der Waals surface area contributed by atoms with Crippen molar-refractivity contribution in [3.63, 3.8) is 0 Å². The molecule has 1 fully saturated rings. The fraction of sp³-hybridized carbons (Fsp3) is 0.867. The van der Waals surface area contributed by atoms with Gasteiger partial charge in [-0.15, -0.1) is 0 Å². The van der Waals surface area contributed by atoms with Crippen molar-refractivity contribution in [2.45, 2.75) is 39.7 Å². The molecule has 6 heteroatoms. The van der Waals surface area contributed by atoms with Crippen molar-refractivity contribution in [2.24, 2.45) is 11.3 Å². The van der Waals surface area contributed by atoms with Crippen LogP contribution < -0.4 is 5.32 Å². The molecule has 2 N–H and O–H groups in total. The third kappa shape index (κ3) is 4.17. The van der Waals surface area contributed by atoms with E-state index in [1.165, 1.54) is 0 Å². The van der Waals surface area contributed by atoms with Gasteiger partial charge in [-0.05, 0) is 25.7 Å². The van der Waals surface area contributed by atoms with Crippen LogP contribution >= 0.6 is 0 Å². The van der Waals surface area contributed by atoms with Gasteiger partial charge in [0.2, 0.25) is 5.91 Å². The largest absolute Gasteiger partial charge is 0.481 e. The summed E-state index contributed by atoms with van der Waals surface area (Å²) < 4.78 is 4.94. The molecule has 6 nitrogen and oxygen atoms in total. The van der Waals surface area contributed by atoms with Gasteiger partial charge in [0.05, 0.1) is 11.5 Å². The Balaban J connectivity index is 2.55. The maximum absolute atomic E-state index is 12.1. The third-order valence-electron chi connectivity index (χ3n) is 4.61. The standard InChI is InChI=1S/C15H28N2O4/c1-11(2)15(14(19)20)6-8-17(10-15)12(3)13(18)16-7-5-9-21-4/h11-12H,5-10H2,1-4H3,(H,16,18)(H,19,20). The molecule has 1 heterocycles. The highest BCUT2D eigenvalue weighted by Crippen LogP contribution is 2.38. The molecule has 0 aromatic heterocycles. The minimum absolute atomic E-state index is 0.0453. The van der Waals surface area contributed by atoms with Crippen LogP contribution in [0.3, 0.4) is 0 Å². The van der Waals surface area contributed by atoms with Crippen LogP contribution in [0, 0.1) is 11.3 Å². The van der Waals surface area contributed by atoms with Gasteiger partial charge in [0.15, 0.2) is 0 Å². The number of aliphatic carboxylic acids is 1. The zero-order valence-electron chi connectivity index (χ0n) is 13.5. The topological polar surface area (TPSA) is 78.9 Å². The molecule has 122 valence electrons. The molecule has 0 aliphatic carbocycles. The van der Waals surface area contributed by atoms with Crippen molar-refractivity contribution in [1.29, 1.82) is 0 Å². The van der Waals surface area contributed by atoms with Crippen molar-refractivity contribution in [3.8, 4) is 0 Å². The van der Waals surface area contributed by atoms with Crippen LogP contribution in [0.15, 0.2) is 0 Å². The number of amides is 1. The highest BCUT2D eigenvalue weighted by molar-refractivity contribution is 5.82. The summed E-state index contributed by atoms with van der Waals surface area (Å²) in [5.41, 5.74) is -0.732. The first kappa shape index (κ1) is 17.9. The van der Waals surface area contributed by atoms with Crippen LogP contribution in [-0.2, 0) is 14.3 Å². The van der Waals surface area contributed by atoms with Crippen LogP contribution in [0.25, 0.3) is 0 Å². The Labute approximate surface area is 126 Å². The summed E-state index contributed by atoms with van der Waals surface area (Å²) in [6.07, 6.45) is 1.38. The maximum atomic E-state index is 12.1. The van der Waals surface area contributed by atoms with Gasteiger partial charge in [-0.2, -0.15) is 0 Å². The first-order valence-electron chi connectivity index (χ1n) is 7.59. The fourth-order valence-electron chi connectivity index (χ4n) is 2.83. The van der Waals surface area contributed by atoms with Crippen molar-refractivity contribution >= 4 is 11.9 Å². The van der Waals surface area contributed by atoms with E-state index in [9.17, 15) is 14.7 Å². The molecule has 0 saturated carbocycles. The van der Waals surface area contributed by atoms with E-state index in [2.05, 4.69) is 5.32 Å². The number of ether oxygens (including phenoxy) is 1. The van der Waals surface area contributed by atoms with E-state index in [1.807, 2.05) is 25.7 Å². The molecular formula is C15H28N2O4. The number of hydrogen-bond donors (Lipinski definition) is 2. The van der Waals surface area contributed by atoms with E-state index in [0.29, 0.717) is 32.7 Å². The molecule has 0 radical (unpaired) electrons. The molecule has 1 rings (SSSR count). The second-order valence-electron chi connectivity index (χ2n) is 6.15. The molecule has 0 aromatic rings. The summed E-state index contributed by atoms with van der Waals surface area (Å²) in [5, 5.41) is 12.4. The smallest absolute Gasteiger partial charge is 0.311 e. The molecular weight excluding hydrogens is 272 g/mol. The SMILES string of the molecule is COCCCNC(=O)C(C)N1CCC(C(=O)O)(C(C)C)C1. The molecule has 2 unspecified atom stereocenters. The van der Waals surface area contributed by atoms with E-state index in [1.54, 1.807) is 7.11 Å². The zero-order chi connectivity index (χ0) is 16.0. The summed E-state index contributed by atoms with van der Waals surface area (Å²) in [6.45, 7) is 8.00. The van der Waals surface area contributed by atoms with E-state index in [0.717, 1.165) is 6.42 Å². The minimum atomic E-state index is -0.757. The van der Waals surface area contributed by atoms with Gasteiger partial charge in [0.1, 0.15) is 0 Å². The van der Waals surface area contributed by atoms with Crippen molar-refractivity contribution in [2.75, 3.05) is 33.4 Å². The molecule has 1 aliphatic rings. The van der Waals surface area contributed by atoms with Crippen LogP contribution in [0.4, 0.5) is 0 Å². The summed E-state index contributed by atoms with van der Waals surface area (Å²) in [6, 6.07) is -0.299. The van der Waals surface area contributed by atoms with Crippen molar-refractivity contribution in [1.82, 2.24) is 10.2 Å². The first-order chi connectivity index (χ1) is 9.85. The fourth-order valence-corrected chi connectivity index (χ4v) is 2.83. The molecule has 1 saturated heterocycles. The van der Waals surface area contributed by atoms with Gasteiger partial charge >= 0.3 is 5.97 Å². The average molecular weight is 300 g/mol. The number of carbonyl (C=O) groups excluding carboxylic acids is 1. The lowest BCUT2D eigenvalue weighted by Crippen LogP contribution is -2.47. The van der Waals surface area contributed by atoms with Gasteiger partial charge in [-0.25, -0.2) is 0 Å². The maximum Gasteiger partial charge on any atom is 0.311 e. The molecule has 0 bridgehead atoms. The second kappa shape index (κ2) is 7.75. The Morgan fingerprint density at radius 3 is 2.52 bits per heavy atom. The van der Waals surface area contributed by atoms with Gasteiger partial charge in [0, 0.05) is 33.4 Å². The third-order valence-corrected chi connectivity index (χ3v) is 4.61. The number of likely N-dealkylation sites (tertiary alicyclic amines) is 1. The Bertz CT molecular complexity index is 373. The van der Waals surface area contributed by atoms with Crippen LogP contribution in [0.2, 0.25) is 0 Å². The minimum Gasteiger partial charge on any atom is -0.481 e. The second-order valence-corrected chi connectivity index (χ2v) is 6.15. The predicted octanol–water partition coefficient (Wildman–Crippen LogP) is 0.960. The number of nitrogens with one attached hydrogen (secondary N) is 1. The lowest BCUT2D eigenvalue weighted by Gasteiger charge is -2.30. The average Bonchev–Trinajstić information content (AvgIpc) is 2.89. The summed E-state index contributed by atoms with van der Waals surface area (Å²) in [7, 11) is 1.63. The molecule has 2 atom stereocenters. The zero-order valence-corrected chi connectivity index (χ0v) is 13.5. The Morgan fingerprint density at radius 2 is 2.05 bits per heavy atom. The van der Waals surface area contributed by atoms with Gasteiger partial charge in [-0.3, -0.25) is 14.5 Å². The molecule has 1 aliphatic heterocycles. The lowest BCUT2D eigenvalue weighted by atomic mass is 9.76. The quantitative estimate of drug-likeness (QED) is 0.653. The van der Waals surface area contributed by atoms with Crippen molar-refractivity contribution in [3.05, 3.63) is 0 Å². The van der Waals surface area contributed by atoms with Crippen LogP contribution in [-0.4, -0.2) is 61.3 Å². The normalized spacial score (nSPS) is 24.2. The van der Waals surface area contributed by atoms with E-state index >= 15 is 0 Å². The van der Waals surface area contributed by atoms with Crippen LogP contribution in [0.5, 0.6) is 0 Å². The van der Waals surface area contributed by atoms with Gasteiger partial charge < -0.3 is 15.2 Å². The molecule has 0 spiro atoms. The molecule has 21 heavy (non-hydrogen) atoms. The Kier molecular flexibility index (Phi) is 6.61. The Hall–Kier alpha value is -1.14. The summed E-state index contributed by atoms with van der Waals surface area (Å²) in [5.74, 6) is -0.749. The van der Waals surface area contributed by atoms with Crippen LogP contribution in [0.1, 0.15) is 33.6 Å². The van der Waals surface area contributed by atoms with E-state index in [4.69, 9.17) is 4.74 Å². The number of carbonyl (C=O) groups is 2. The van der Waals surface area contributed by atoms with E-state index in [-0.39, 0.29) is 17.9 Å². The number of nitrogens with zero attached hydrogens (tertiary/aromatic N) is 1. The number of methoxy groups -OCH3 is 1. The highest BCUT2D eigenvalue weighted by atomic mass is 16.5.